The third kappa shape index (κ3) is 2.80. The molecule has 1 atom stereocenters. The van der Waals surface area contributed by atoms with E-state index in [1.54, 1.807) is 11.3 Å². The third-order valence-corrected chi connectivity index (χ3v) is 5.53. The highest BCUT2D eigenvalue weighted by atomic mass is 32.1. The van der Waals surface area contributed by atoms with Gasteiger partial charge < -0.3 is 15.0 Å². The van der Waals surface area contributed by atoms with Crippen molar-refractivity contribution < 1.29 is 4.74 Å². The third-order valence-electron chi connectivity index (χ3n) is 4.69. The van der Waals surface area contributed by atoms with Crippen molar-refractivity contribution in [1.29, 1.82) is 0 Å². The summed E-state index contributed by atoms with van der Waals surface area (Å²) in [6.07, 6.45) is 2.96. The summed E-state index contributed by atoms with van der Waals surface area (Å²) in [5.41, 5.74) is 3.94. The number of rotatable bonds is 5. The lowest BCUT2D eigenvalue weighted by molar-refractivity contribution is -0.0182. The molecule has 120 valence electrons. The number of aromatic nitrogens is 2. The average molecular weight is 320 g/mol. The zero-order chi connectivity index (χ0) is 15.1. The van der Waals surface area contributed by atoms with Gasteiger partial charge in [-0.3, -0.25) is 4.40 Å². The molecule has 0 unspecified atom stereocenters. The van der Waals surface area contributed by atoms with E-state index in [2.05, 4.69) is 34.0 Å². The van der Waals surface area contributed by atoms with Gasteiger partial charge >= 0.3 is 0 Å². The van der Waals surface area contributed by atoms with Crippen LogP contribution in [0.5, 0.6) is 0 Å². The molecule has 1 saturated heterocycles. The molecule has 1 saturated carbocycles. The van der Waals surface area contributed by atoms with Crippen LogP contribution in [-0.2, 0) is 11.3 Å². The molecule has 4 rings (SSSR count). The van der Waals surface area contributed by atoms with Crippen LogP contribution in [0.2, 0.25) is 0 Å². The van der Waals surface area contributed by atoms with Gasteiger partial charge in [0.1, 0.15) is 0 Å². The molecule has 2 aromatic heterocycles. The van der Waals surface area contributed by atoms with E-state index in [0.29, 0.717) is 6.10 Å². The van der Waals surface area contributed by atoms with Crippen LogP contribution in [0.25, 0.3) is 4.96 Å². The van der Waals surface area contributed by atoms with Crippen LogP contribution in [-0.4, -0.2) is 53.7 Å². The molecular formula is C16H24N4OS. The van der Waals surface area contributed by atoms with Gasteiger partial charge in [0.25, 0.3) is 0 Å². The normalized spacial score (nSPS) is 23.5. The number of imidazole rings is 1. The molecule has 0 aromatic carbocycles. The molecule has 22 heavy (non-hydrogen) atoms. The summed E-state index contributed by atoms with van der Waals surface area (Å²) >= 11 is 1.77. The van der Waals surface area contributed by atoms with Crippen molar-refractivity contribution in [3.8, 4) is 0 Å². The summed E-state index contributed by atoms with van der Waals surface area (Å²) in [4.78, 5) is 8.20. The van der Waals surface area contributed by atoms with Gasteiger partial charge in [-0.05, 0) is 26.8 Å². The predicted octanol–water partition coefficient (Wildman–Crippen LogP) is 2.00. The number of morpholine rings is 1. The summed E-state index contributed by atoms with van der Waals surface area (Å²) < 4.78 is 8.21. The first-order chi connectivity index (χ1) is 10.7. The first kappa shape index (κ1) is 14.6. The SMILES string of the molecule is Cc1nc2scc(C3CC3)n2c1CNC[C@H]1CN(C)CCO1. The van der Waals surface area contributed by atoms with Crippen molar-refractivity contribution in [2.45, 2.75) is 38.3 Å². The lowest BCUT2D eigenvalue weighted by atomic mass is 10.2. The molecule has 1 aliphatic heterocycles. The monoisotopic (exact) mass is 320 g/mol. The number of nitrogens with one attached hydrogen (secondary N) is 1. The van der Waals surface area contributed by atoms with Crippen molar-refractivity contribution in [2.75, 3.05) is 33.3 Å². The maximum atomic E-state index is 5.82. The van der Waals surface area contributed by atoms with Crippen LogP contribution >= 0.6 is 11.3 Å². The van der Waals surface area contributed by atoms with Gasteiger partial charge in [0.15, 0.2) is 4.96 Å². The summed E-state index contributed by atoms with van der Waals surface area (Å²) in [5, 5.41) is 5.87. The Morgan fingerprint density at radius 1 is 1.45 bits per heavy atom. The van der Waals surface area contributed by atoms with Gasteiger partial charge in [-0.1, -0.05) is 0 Å². The van der Waals surface area contributed by atoms with Gasteiger partial charge in [-0.15, -0.1) is 11.3 Å². The Morgan fingerprint density at radius 2 is 2.32 bits per heavy atom. The van der Waals surface area contributed by atoms with Gasteiger partial charge in [0.05, 0.1) is 24.1 Å². The maximum Gasteiger partial charge on any atom is 0.194 e. The standard InChI is InChI=1S/C16H24N4OS/c1-11-14(8-17-7-13-9-19(2)5-6-21-13)20-15(12-3-4-12)10-22-16(20)18-11/h10,12-13,17H,3-9H2,1-2H3/t13-/m0/s1. The fraction of sp³-hybridized carbons (Fsp3) is 0.688. The molecule has 2 fully saturated rings. The molecule has 6 heteroatoms. The van der Waals surface area contributed by atoms with Crippen molar-refractivity contribution in [2.24, 2.45) is 0 Å². The topological polar surface area (TPSA) is 41.8 Å². The number of likely N-dealkylation sites (N-methyl/N-ethyl adjacent to an activating group) is 1. The zero-order valence-corrected chi connectivity index (χ0v) is 14.2. The van der Waals surface area contributed by atoms with Crippen molar-refractivity contribution in [3.05, 3.63) is 22.5 Å². The van der Waals surface area contributed by atoms with Gasteiger partial charge in [-0.2, -0.15) is 0 Å². The van der Waals surface area contributed by atoms with Crippen LogP contribution in [0.15, 0.2) is 5.38 Å². The average Bonchev–Trinajstić information content (AvgIpc) is 3.18. The summed E-state index contributed by atoms with van der Waals surface area (Å²) in [7, 11) is 2.16. The highest BCUT2D eigenvalue weighted by molar-refractivity contribution is 7.15. The summed E-state index contributed by atoms with van der Waals surface area (Å²) in [6, 6.07) is 0. The molecular weight excluding hydrogens is 296 g/mol. The Kier molecular flexibility index (Phi) is 3.94. The number of hydrogen-bond acceptors (Lipinski definition) is 5. The number of ether oxygens (including phenoxy) is 1. The maximum absolute atomic E-state index is 5.82. The second-order valence-corrected chi connectivity index (χ2v) is 7.42. The molecule has 2 aromatic rings. The number of thiazole rings is 1. The highest BCUT2D eigenvalue weighted by Gasteiger charge is 2.28. The van der Waals surface area contributed by atoms with Crippen molar-refractivity contribution in [3.63, 3.8) is 0 Å². The number of hydrogen-bond donors (Lipinski definition) is 1. The smallest absolute Gasteiger partial charge is 0.194 e. The minimum Gasteiger partial charge on any atom is -0.374 e. The largest absolute Gasteiger partial charge is 0.374 e. The molecule has 2 aliphatic rings. The number of aryl methyl sites for hydroxylation is 1. The molecule has 1 aliphatic carbocycles. The van der Waals surface area contributed by atoms with E-state index in [-0.39, 0.29) is 0 Å². The molecule has 5 nitrogen and oxygen atoms in total. The van der Waals surface area contributed by atoms with Crippen molar-refractivity contribution >= 4 is 16.3 Å². The molecule has 3 heterocycles. The van der Waals surface area contributed by atoms with Gasteiger partial charge in [0.2, 0.25) is 0 Å². The van der Waals surface area contributed by atoms with Crippen LogP contribution < -0.4 is 5.32 Å². The first-order valence-electron chi connectivity index (χ1n) is 8.18. The number of nitrogens with zero attached hydrogens (tertiary/aromatic N) is 3. The first-order valence-corrected chi connectivity index (χ1v) is 9.06. The van der Waals surface area contributed by atoms with Crippen LogP contribution in [0.3, 0.4) is 0 Å². The fourth-order valence-electron chi connectivity index (χ4n) is 3.25. The van der Waals surface area contributed by atoms with Crippen LogP contribution in [0.4, 0.5) is 0 Å². The van der Waals surface area contributed by atoms with Crippen LogP contribution in [0, 0.1) is 6.92 Å². The summed E-state index contributed by atoms with van der Waals surface area (Å²) in [6.45, 7) is 6.79. The van der Waals surface area contributed by atoms with Gasteiger partial charge in [-0.25, -0.2) is 4.98 Å². The predicted molar refractivity (Wildman–Crippen MR) is 88.7 cm³/mol. The zero-order valence-electron chi connectivity index (χ0n) is 13.3. The molecule has 0 bridgehead atoms. The molecule has 1 N–H and O–H groups in total. The van der Waals surface area contributed by atoms with E-state index >= 15 is 0 Å². The second kappa shape index (κ2) is 5.92. The number of fused-ring (bicyclic) bond motifs is 1. The Labute approximate surface area is 135 Å². The summed E-state index contributed by atoms with van der Waals surface area (Å²) in [5.74, 6) is 0.761. The van der Waals surface area contributed by atoms with E-state index in [1.807, 2.05) is 0 Å². The van der Waals surface area contributed by atoms with E-state index in [1.165, 1.54) is 24.2 Å². The molecule has 0 amide bonds. The van der Waals surface area contributed by atoms with E-state index < -0.39 is 0 Å². The van der Waals surface area contributed by atoms with Crippen LogP contribution in [0.1, 0.15) is 35.8 Å². The minimum atomic E-state index is 0.299. The Balaban J connectivity index is 1.44. The Hall–Kier alpha value is -0.950. The Morgan fingerprint density at radius 3 is 3.09 bits per heavy atom. The quantitative estimate of drug-likeness (QED) is 0.915. The Bertz CT molecular complexity index is 660. The lowest BCUT2D eigenvalue weighted by Crippen LogP contribution is -2.44. The van der Waals surface area contributed by atoms with Gasteiger partial charge in [0, 0.05) is 43.2 Å². The molecule has 0 radical (unpaired) electrons. The lowest BCUT2D eigenvalue weighted by Gasteiger charge is -2.30. The minimum absolute atomic E-state index is 0.299. The second-order valence-electron chi connectivity index (χ2n) is 6.58. The van der Waals surface area contributed by atoms with E-state index in [9.17, 15) is 0 Å². The van der Waals surface area contributed by atoms with E-state index in [4.69, 9.17) is 9.72 Å². The van der Waals surface area contributed by atoms with E-state index in [0.717, 1.165) is 49.4 Å². The highest BCUT2D eigenvalue weighted by Crippen LogP contribution is 2.42. The fourth-order valence-corrected chi connectivity index (χ4v) is 4.29. The molecule has 0 spiro atoms. The van der Waals surface area contributed by atoms with Crippen molar-refractivity contribution in [1.82, 2.24) is 19.6 Å².